The van der Waals surface area contributed by atoms with Crippen LogP contribution in [0.1, 0.15) is 5.56 Å². The summed E-state index contributed by atoms with van der Waals surface area (Å²) in [7, 11) is 1.73. The maximum Gasteiger partial charge on any atom is 0.191 e. The number of rotatable bonds is 4. The first-order chi connectivity index (χ1) is 7.77. The predicted molar refractivity (Wildman–Crippen MR) is 85.3 cm³/mol. The summed E-state index contributed by atoms with van der Waals surface area (Å²) in [5.41, 5.74) is 1.05. The highest BCUT2D eigenvalue weighted by molar-refractivity contribution is 14.0. The molecule has 1 rings (SSSR count). The highest BCUT2D eigenvalue weighted by Crippen LogP contribution is 2.13. The van der Waals surface area contributed by atoms with Crippen LogP contribution < -0.4 is 10.6 Å². The van der Waals surface area contributed by atoms with Gasteiger partial charge in [0.05, 0.1) is 0 Å². The smallest absolute Gasteiger partial charge is 0.191 e. The standard InChI is InChI=1S/C12H16ClN3.HI/c1-3-8-15-12(14-2)16-9-10-6-4-5-7-11(10)13;/h3-7H,1,8-9H2,2H3,(H2,14,15,16);1H. The molecule has 0 saturated carbocycles. The van der Waals surface area contributed by atoms with E-state index in [0.29, 0.717) is 13.1 Å². The summed E-state index contributed by atoms with van der Waals surface area (Å²) < 4.78 is 0. The van der Waals surface area contributed by atoms with E-state index in [0.717, 1.165) is 16.5 Å². The molecule has 1 aromatic carbocycles. The van der Waals surface area contributed by atoms with Crippen molar-refractivity contribution in [1.82, 2.24) is 10.6 Å². The molecular formula is C12H17ClIN3. The van der Waals surface area contributed by atoms with E-state index < -0.39 is 0 Å². The highest BCUT2D eigenvalue weighted by Gasteiger charge is 2.00. The van der Waals surface area contributed by atoms with Crippen LogP contribution in [0.4, 0.5) is 0 Å². The molecule has 0 unspecified atom stereocenters. The molecule has 2 N–H and O–H groups in total. The van der Waals surface area contributed by atoms with Crippen LogP contribution in [0.2, 0.25) is 5.02 Å². The molecule has 0 aromatic heterocycles. The summed E-state index contributed by atoms with van der Waals surface area (Å²) in [5, 5.41) is 7.01. The Bertz CT molecular complexity index is 380. The fourth-order valence-corrected chi connectivity index (χ4v) is 1.41. The van der Waals surface area contributed by atoms with Gasteiger partial charge in [-0.05, 0) is 11.6 Å². The minimum atomic E-state index is 0. The lowest BCUT2D eigenvalue weighted by Gasteiger charge is -2.11. The normalized spacial score (nSPS) is 10.4. The van der Waals surface area contributed by atoms with Gasteiger partial charge in [-0.25, -0.2) is 0 Å². The van der Waals surface area contributed by atoms with Crippen LogP contribution in [-0.2, 0) is 6.54 Å². The summed E-state index contributed by atoms with van der Waals surface area (Å²) in [5.74, 6) is 0.736. The van der Waals surface area contributed by atoms with Crippen molar-refractivity contribution in [3.05, 3.63) is 47.5 Å². The van der Waals surface area contributed by atoms with Crippen LogP contribution in [0.5, 0.6) is 0 Å². The quantitative estimate of drug-likeness (QED) is 0.373. The zero-order valence-electron chi connectivity index (χ0n) is 9.74. The van der Waals surface area contributed by atoms with Gasteiger partial charge in [-0.2, -0.15) is 0 Å². The molecular weight excluding hydrogens is 349 g/mol. The third kappa shape index (κ3) is 5.93. The Morgan fingerprint density at radius 1 is 1.41 bits per heavy atom. The zero-order valence-corrected chi connectivity index (χ0v) is 12.8. The topological polar surface area (TPSA) is 36.4 Å². The average Bonchev–Trinajstić information content (AvgIpc) is 2.31. The molecule has 0 aliphatic heterocycles. The monoisotopic (exact) mass is 365 g/mol. The number of nitrogens with zero attached hydrogens (tertiary/aromatic N) is 1. The minimum absolute atomic E-state index is 0. The van der Waals surface area contributed by atoms with Crippen LogP contribution in [0.3, 0.4) is 0 Å². The Balaban J connectivity index is 0.00000256. The molecule has 0 atom stereocenters. The van der Waals surface area contributed by atoms with Crippen molar-refractivity contribution in [2.45, 2.75) is 6.54 Å². The fraction of sp³-hybridized carbons (Fsp3) is 0.250. The molecule has 0 amide bonds. The van der Waals surface area contributed by atoms with Gasteiger partial charge in [0.1, 0.15) is 0 Å². The van der Waals surface area contributed by atoms with Gasteiger partial charge in [0, 0.05) is 25.2 Å². The number of aliphatic imine (C=N–C) groups is 1. The van der Waals surface area contributed by atoms with Crippen molar-refractivity contribution in [3.8, 4) is 0 Å². The summed E-state index contributed by atoms with van der Waals surface area (Å²) in [6, 6.07) is 7.73. The molecule has 0 radical (unpaired) electrons. The zero-order chi connectivity index (χ0) is 11.8. The van der Waals surface area contributed by atoms with E-state index in [9.17, 15) is 0 Å². The molecule has 94 valence electrons. The van der Waals surface area contributed by atoms with E-state index in [2.05, 4.69) is 22.2 Å². The number of benzene rings is 1. The maximum absolute atomic E-state index is 6.04. The summed E-state index contributed by atoms with van der Waals surface area (Å²) in [6.07, 6.45) is 1.78. The van der Waals surface area contributed by atoms with E-state index in [1.54, 1.807) is 13.1 Å². The lowest BCUT2D eigenvalue weighted by atomic mass is 10.2. The lowest BCUT2D eigenvalue weighted by Crippen LogP contribution is -2.36. The molecule has 0 aliphatic rings. The summed E-state index contributed by atoms with van der Waals surface area (Å²) in [4.78, 5) is 4.07. The molecule has 0 fully saturated rings. The number of hydrogen-bond acceptors (Lipinski definition) is 1. The van der Waals surface area contributed by atoms with Crippen LogP contribution in [0.15, 0.2) is 41.9 Å². The number of halogens is 2. The van der Waals surface area contributed by atoms with E-state index in [1.807, 2.05) is 24.3 Å². The Kier molecular flexibility index (Phi) is 8.89. The molecule has 1 aromatic rings. The van der Waals surface area contributed by atoms with Crippen molar-refractivity contribution in [2.75, 3.05) is 13.6 Å². The Morgan fingerprint density at radius 2 is 2.12 bits per heavy atom. The van der Waals surface area contributed by atoms with Gasteiger partial charge >= 0.3 is 0 Å². The van der Waals surface area contributed by atoms with Gasteiger partial charge in [0.15, 0.2) is 5.96 Å². The molecule has 3 nitrogen and oxygen atoms in total. The minimum Gasteiger partial charge on any atom is -0.353 e. The first kappa shape index (κ1) is 16.2. The molecule has 17 heavy (non-hydrogen) atoms. The van der Waals surface area contributed by atoms with Crippen molar-refractivity contribution in [3.63, 3.8) is 0 Å². The van der Waals surface area contributed by atoms with Gasteiger partial charge in [0.2, 0.25) is 0 Å². The van der Waals surface area contributed by atoms with Crippen LogP contribution in [0, 0.1) is 0 Å². The van der Waals surface area contributed by atoms with E-state index in [4.69, 9.17) is 11.6 Å². The number of guanidine groups is 1. The van der Waals surface area contributed by atoms with Crippen molar-refractivity contribution in [2.24, 2.45) is 4.99 Å². The van der Waals surface area contributed by atoms with Gasteiger partial charge < -0.3 is 10.6 Å². The first-order valence-corrected chi connectivity index (χ1v) is 5.44. The van der Waals surface area contributed by atoms with Crippen molar-refractivity contribution in [1.29, 1.82) is 0 Å². The second-order valence-corrected chi connectivity index (χ2v) is 3.59. The second-order valence-electron chi connectivity index (χ2n) is 3.19. The number of nitrogens with one attached hydrogen (secondary N) is 2. The molecule has 0 spiro atoms. The molecule has 0 saturated heterocycles. The second kappa shape index (κ2) is 9.30. The molecule has 5 heteroatoms. The van der Waals surface area contributed by atoms with Gasteiger partial charge in [0.25, 0.3) is 0 Å². The highest BCUT2D eigenvalue weighted by atomic mass is 127. The Labute approximate surface area is 124 Å². The SMILES string of the molecule is C=CCNC(=NC)NCc1ccccc1Cl.I. The lowest BCUT2D eigenvalue weighted by molar-refractivity contribution is 0.847. The van der Waals surface area contributed by atoms with Gasteiger partial charge in [-0.1, -0.05) is 35.9 Å². The van der Waals surface area contributed by atoms with Gasteiger partial charge in [-0.15, -0.1) is 30.6 Å². The third-order valence-electron chi connectivity index (χ3n) is 2.04. The summed E-state index contributed by atoms with van der Waals surface area (Å²) >= 11 is 6.04. The van der Waals surface area contributed by atoms with Crippen molar-refractivity contribution >= 4 is 41.5 Å². The van der Waals surface area contributed by atoms with Crippen LogP contribution >= 0.6 is 35.6 Å². The largest absolute Gasteiger partial charge is 0.353 e. The number of hydrogen-bond donors (Lipinski definition) is 2. The van der Waals surface area contributed by atoms with E-state index >= 15 is 0 Å². The summed E-state index contributed by atoms with van der Waals surface area (Å²) in [6.45, 7) is 4.96. The molecule has 0 heterocycles. The van der Waals surface area contributed by atoms with Crippen LogP contribution in [0.25, 0.3) is 0 Å². The Morgan fingerprint density at radius 3 is 2.71 bits per heavy atom. The fourth-order valence-electron chi connectivity index (χ4n) is 1.21. The average molecular weight is 366 g/mol. The van der Waals surface area contributed by atoms with E-state index in [-0.39, 0.29) is 24.0 Å². The van der Waals surface area contributed by atoms with E-state index in [1.165, 1.54) is 0 Å². The Hall–Kier alpha value is -0.750. The predicted octanol–water partition coefficient (Wildman–Crippen LogP) is 2.81. The molecule has 0 bridgehead atoms. The first-order valence-electron chi connectivity index (χ1n) is 5.06. The van der Waals surface area contributed by atoms with Gasteiger partial charge in [-0.3, -0.25) is 4.99 Å². The van der Waals surface area contributed by atoms with Crippen LogP contribution in [-0.4, -0.2) is 19.6 Å². The maximum atomic E-state index is 6.04. The third-order valence-corrected chi connectivity index (χ3v) is 2.41. The molecule has 0 aliphatic carbocycles. The van der Waals surface area contributed by atoms with Crippen molar-refractivity contribution < 1.29 is 0 Å².